The van der Waals surface area contributed by atoms with Crippen molar-refractivity contribution >= 4 is 39.1 Å². The molecule has 1 saturated carbocycles. The molecule has 1 atom stereocenters. The van der Waals surface area contributed by atoms with Gasteiger partial charge < -0.3 is 10.2 Å². The first-order valence-electron chi connectivity index (χ1n) is 15.0. The Morgan fingerprint density at radius 1 is 0.884 bits per heavy atom. The highest BCUT2D eigenvalue weighted by molar-refractivity contribution is 7.92. The molecule has 1 N–H and O–H groups in total. The van der Waals surface area contributed by atoms with Gasteiger partial charge in [0.1, 0.15) is 12.6 Å². The summed E-state index contributed by atoms with van der Waals surface area (Å²) in [5.74, 6) is -0.655. The number of benzene rings is 3. The van der Waals surface area contributed by atoms with Crippen molar-refractivity contribution in [3.05, 3.63) is 101 Å². The molecule has 0 spiro atoms. The number of amides is 2. The molecule has 3 aromatic rings. The van der Waals surface area contributed by atoms with E-state index in [4.69, 9.17) is 11.6 Å². The van der Waals surface area contributed by atoms with Gasteiger partial charge in [-0.15, -0.1) is 0 Å². The zero-order valence-electron chi connectivity index (χ0n) is 25.2. The zero-order valence-corrected chi connectivity index (χ0v) is 26.8. The molecule has 3 aromatic carbocycles. The lowest BCUT2D eigenvalue weighted by atomic mass is 9.94. The van der Waals surface area contributed by atoms with Gasteiger partial charge in [0.25, 0.3) is 0 Å². The molecule has 2 amide bonds. The van der Waals surface area contributed by atoms with Crippen LogP contribution < -0.4 is 9.62 Å². The number of nitrogens with zero attached hydrogens (tertiary/aromatic N) is 2. The molecule has 0 saturated heterocycles. The van der Waals surface area contributed by atoms with Crippen molar-refractivity contribution in [2.45, 2.75) is 76.9 Å². The molecule has 1 fully saturated rings. The average molecular weight is 624 g/mol. The number of para-hydroxylation sites is 1. The van der Waals surface area contributed by atoms with Crippen molar-refractivity contribution in [2.24, 2.45) is 0 Å². The van der Waals surface area contributed by atoms with Crippen molar-refractivity contribution in [1.29, 1.82) is 0 Å². The lowest BCUT2D eigenvalue weighted by Crippen LogP contribution is -2.55. The van der Waals surface area contributed by atoms with Crippen LogP contribution in [-0.2, 0) is 32.6 Å². The SMILES string of the molecule is CC(C)c1ccccc1N(CC(=O)N(Cc1ccc(Cl)cc1)C(Cc1ccccc1)C(=O)NC1CCCCC1)S(C)(=O)=O. The second kappa shape index (κ2) is 14.9. The first-order chi connectivity index (χ1) is 20.5. The highest BCUT2D eigenvalue weighted by atomic mass is 35.5. The number of rotatable bonds is 12. The fraction of sp³-hybridized carbons (Fsp3) is 0.412. The van der Waals surface area contributed by atoms with Crippen LogP contribution in [0.3, 0.4) is 0 Å². The fourth-order valence-corrected chi connectivity index (χ4v) is 6.68. The number of carbonyl (C=O) groups excluding carboxylic acids is 2. The predicted molar refractivity (Wildman–Crippen MR) is 174 cm³/mol. The largest absolute Gasteiger partial charge is 0.352 e. The Labute approximate surface area is 261 Å². The van der Waals surface area contributed by atoms with Gasteiger partial charge in [0.05, 0.1) is 11.9 Å². The maximum absolute atomic E-state index is 14.4. The molecular formula is C34H42ClN3O4S. The Bertz CT molecular complexity index is 1470. The van der Waals surface area contributed by atoms with Gasteiger partial charge in [0.2, 0.25) is 21.8 Å². The monoisotopic (exact) mass is 623 g/mol. The van der Waals surface area contributed by atoms with E-state index in [1.807, 2.05) is 68.4 Å². The number of sulfonamides is 1. The van der Waals surface area contributed by atoms with Gasteiger partial charge in [-0.25, -0.2) is 8.42 Å². The van der Waals surface area contributed by atoms with E-state index in [1.165, 1.54) is 4.90 Å². The molecule has 9 heteroatoms. The van der Waals surface area contributed by atoms with Crippen LogP contribution >= 0.6 is 11.6 Å². The Balaban J connectivity index is 1.74. The lowest BCUT2D eigenvalue weighted by molar-refractivity contribution is -0.140. The number of hydrogen-bond donors (Lipinski definition) is 1. The van der Waals surface area contributed by atoms with Crippen LogP contribution in [0.5, 0.6) is 0 Å². The summed E-state index contributed by atoms with van der Waals surface area (Å²) < 4.78 is 27.5. The molecule has 4 rings (SSSR count). The van der Waals surface area contributed by atoms with E-state index in [0.29, 0.717) is 17.1 Å². The minimum absolute atomic E-state index is 0.0350. The third kappa shape index (κ3) is 9.07. The Hall–Kier alpha value is -3.36. The summed E-state index contributed by atoms with van der Waals surface area (Å²) in [6.45, 7) is 3.66. The summed E-state index contributed by atoms with van der Waals surface area (Å²) in [6.07, 6.45) is 6.48. The van der Waals surface area contributed by atoms with Crippen molar-refractivity contribution < 1.29 is 18.0 Å². The Kier molecular flexibility index (Phi) is 11.3. The summed E-state index contributed by atoms with van der Waals surface area (Å²) in [5.41, 5.74) is 2.98. The first-order valence-corrected chi connectivity index (χ1v) is 17.2. The number of nitrogens with one attached hydrogen (secondary N) is 1. The molecule has 1 aliphatic rings. The smallest absolute Gasteiger partial charge is 0.244 e. The van der Waals surface area contributed by atoms with Gasteiger partial charge in [-0.05, 0) is 53.6 Å². The number of hydrogen-bond acceptors (Lipinski definition) is 4. The van der Waals surface area contributed by atoms with Gasteiger partial charge >= 0.3 is 0 Å². The van der Waals surface area contributed by atoms with Gasteiger partial charge in [-0.1, -0.05) is 105 Å². The van der Waals surface area contributed by atoms with Gasteiger partial charge in [0.15, 0.2) is 0 Å². The third-order valence-corrected chi connectivity index (χ3v) is 9.37. The van der Waals surface area contributed by atoms with Crippen LogP contribution in [0.25, 0.3) is 0 Å². The normalized spacial score (nSPS) is 14.7. The fourth-order valence-electron chi connectivity index (χ4n) is 5.68. The van der Waals surface area contributed by atoms with E-state index in [9.17, 15) is 18.0 Å². The molecule has 0 aliphatic heterocycles. The summed E-state index contributed by atoms with van der Waals surface area (Å²) >= 11 is 6.15. The highest BCUT2D eigenvalue weighted by Crippen LogP contribution is 2.29. The standard InChI is InChI=1S/C34H42ClN3O4S/c1-25(2)30-16-10-11-17-31(30)38(43(3,41)42)24-33(39)37(23-27-18-20-28(35)21-19-27)32(22-26-12-6-4-7-13-26)34(40)36-29-14-8-5-9-15-29/h4,6-7,10-13,16-21,25,29,32H,5,8-9,14-15,22-24H2,1-3H3,(H,36,40). The molecular weight excluding hydrogens is 582 g/mol. The molecule has 0 radical (unpaired) electrons. The average Bonchev–Trinajstić information content (AvgIpc) is 2.99. The highest BCUT2D eigenvalue weighted by Gasteiger charge is 2.34. The second-order valence-corrected chi connectivity index (χ2v) is 14.0. The maximum atomic E-state index is 14.4. The molecule has 1 aliphatic carbocycles. The van der Waals surface area contributed by atoms with Crippen molar-refractivity contribution in [3.8, 4) is 0 Å². The molecule has 1 unspecified atom stereocenters. The van der Waals surface area contributed by atoms with Crippen LogP contribution in [0.2, 0.25) is 5.02 Å². The van der Waals surface area contributed by atoms with Crippen LogP contribution in [0.15, 0.2) is 78.9 Å². The molecule has 0 heterocycles. The number of carbonyl (C=O) groups is 2. The van der Waals surface area contributed by atoms with Gasteiger partial charge in [-0.3, -0.25) is 13.9 Å². The summed E-state index contributed by atoms with van der Waals surface area (Å²) in [5, 5.41) is 3.78. The number of anilines is 1. The predicted octanol–water partition coefficient (Wildman–Crippen LogP) is 6.32. The van der Waals surface area contributed by atoms with Crippen LogP contribution in [0, 0.1) is 0 Å². The van der Waals surface area contributed by atoms with E-state index >= 15 is 0 Å². The van der Waals surface area contributed by atoms with E-state index < -0.39 is 28.5 Å². The van der Waals surface area contributed by atoms with E-state index in [0.717, 1.165) is 59.4 Å². The lowest BCUT2D eigenvalue weighted by Gasteiger charge is -2.35. The molecule has 43 heavy (non-hydrogen) atoms. The first kappa shape index (κ1) is 32.6. The third-order valence-electron chi connectivity index (χ3n) is 8.00. The van der Waals surface area contributed by atoms with E-state index in [2.05, 4.69) is 5.32 Å². The minimum Gasteiger partial charge on any atom is -0.352 e. The van der Waals surface area contributed by atoms with Crippen LogP contribution in [-0.4, -0.2) is 50.0 Å². The van der Waals surface area contributed by atoms with Gasteiger partial charge in [0, 0.05) is 24.0 Å². The Morgan fingerprint density at radius 3 is 2.14 bits per heavy atom. The molecule has 0 aromatic heterocycles. The maximum Gasteiger partial charge on any atom is 0.244 e. The van der Waals surface area contributed by atoms with Crippen molar-refractivity contribution in [3.63, 3.8) is 0 Å². The topological polar surface area (TPSA) is 86.8 Å². The number of halogens is 1. The van der Waals surface area contributed by atoms with E-state index in [-0.39, 0.29) is 24.4 Å². The summed E-state index contributed by atoms with van der Waals surface area (Å²) in [7, 11) is -3.84. The second-order valence-electron chi connectivity index (χ2n) is 11.7. The van der Waals surface area contributed by atoms with Crippen LogP contribution in [0.4, 0.5) is 5.69 Å². The molecule has 230 valence electrons. The summed E-state index contributed by atoms with van der Waals surface area (Å²) in [6, 6.07) is 23.2. The van der Waals surface area contributed by atoms with Gasteiger partial charge in [-0.2, -0.15) is 0 Å². The molecule has 0 bridgehead atoms. The van der Waals surface area contributed by atoms with E-state index in [1.54, 1.807) is 24.3 Å². The quantitative estimate of drug-likeness (QED) is 0.256. The van der Waals surface area contributed by atoms with Crippen molar-refractivity contribution in [2.75, 3.05) is 17.1 Å². The Morgan fingerprint density at radius 2 is 1.51 bits per heavy atom. The summed E-state index contributed by atoms with van der Waals surface area (Å²) in [4.78, 5) is 29.9. The van der Waals surface area contributed by atoms with Crippen molar-refractivity contribution in [1.82, 2.24) is 10.2 Å². The minimum atomic E-state index is -3.84. The van der Waals surface area contributed by atoms with Crippen LogP contribution in [0.1, 0.15) is 68.6 Å². The zero-order chi connectivity index (χ0) is 31.0. The molecule has 7 nitrogen and oxygen atoms in total.